The first-order valence-corrected chi connectivity index (χ1v) is 5.56. The van der Waals surface area contributed by atoms with E-state index < -0.39 is 34.6 Å². The molecule has 0 bridgehead atoms. The molecule has 0 aliphatic heterocycles. The van der Waals surface area contributed by atoms with Crippen LogP contribution in [0.25, 0.3) is 0 Å². The number of benzene rings is 1. The maximum absolute atomic E-state index is 13.2. The predicted molar refractivity (Wildman–Crippen MR) is 63.6 cm³/mol. The van der Waals surface area contributed by atoms with Crippen molar-refractivity contribution < 1.29 is 23.6 Å². The fourth-order valence-electron chi connectivity index (χ4n) is 1.33. The number of esters is 1. The summed E-state index contributed by atoms with van der Waals surface area (Å²) in [5.41, 5.74) is -1.17. The lowest BCUT2D eigenvalue weighted by atomic mass is 10.1. The third-order valence-electron chi connectivity index (χ3n) is 2.14. The van der Waals surface area contributed by atoms with Crippen LogP contribution in [0.1, 0.15) is 23.7 Å². The molecule has 0 N–H and O–H groups in total. The first-order valence-electron chi connectivity index (χ1n) is 5.19. The van der Waals surface area contributed by atoms with Gasteiger partial charge in [-0.2, -0.15) is 4.39 Å². The summed E-state index contributed by atoms with van der Waals surface area (Å²) < 4.78 is 17.8. The molecule has 0 aliphatic carbocycles. The Morgan fingerprint density at radius 1 is 1.47 bits per heavy atom. The highest BCUT2D eigenvalue weighted by Gasteiger charge is 2.22. The molecule has 19 heavy (non-hydrogen) atoms. The average Bonchev–Trinajstić information content (AvgIpc) is 2.28. The van der Waals surface area contributed by atoms with Gasteiger partial charge >= 0.3 is 11.7 Å². The Morgan fingerprint density at radius 2 is 2.11 bits per heavy atom. The lowest BCUT2D eigenvalue weighted by Crippen LogP contribution is -2.12. The molecule has 0 radical (unpaired) electrons. The van der Waals surface area contributed by atoms with Crippen LogP contribution >= 0.6 is 11.6 Å². The van der Waals surface area contributed by atoms with Gasteiger partial charge in [0.1, 0.15) is 6.42 Å². The van der Waals surface area contributed by atoms with Crippen molar-refractivity contribution in [2.24, 2.45) is 0 Å². The van der Waals surface area contributed by atoms with Gasteiger partial charge in [-0.15, -0.1) is 0 Å². The van der Waals surface area contributed by atoms with Gasteiger partial charge in [-0.05, 0) is 6.92 Å². The molecule has 0 saturated heterocycles. The number of Topliss-reactive ketones (excluding diaryl/α,β-unsaturated/α-hetero) is 1. The van der Waals surface area contributed by atoms with Crippen molar-refractivity contribution in [2.75, 3.05) is 6.61 Å². The Balaban J connectivity index is 3.06. The van der Waals surface area contributed by atoms with Crippen LogP contribution < -0.4 is 0 Å². The van der Waals surface area contributed by atoms with Crippen molar-refractivity contribution in [1.29, 1.82) is 0 Å². The maximum Gasteiger partial charge on any atom is 0.313 e. The van der Waals surface area contributed by atoms with Gasteiger partial charge in [-0.1, -0.05) is 11.6 Å². The second-order valence-corrected chi connectivity index (χ2v) is 3.85. The number of nitrogens with zero attached hydrogens (tertiary/aromatic N) is 1. The second-order valence-electron chi connectivity index (χ2n) is 3.45. The SMILES string of the molecule is CCOC(=O)CC(=O)c1cc([N+](=O)[O-])c(F)cc1Cl. The van der Waals surface area contributed by atoms with Crippen LogP contribution in [-0.4, -0.2) is 23.3 Å². The van der Waals surface area contributed by atoms with Gasteiger partial charge in [0.05, 0.1) is 16.6 Å². The van der Waals surface area contributed by atoms with Crippen LogP contribution in [0.5, 0.6) is 0 Å². The Bertz CT molecular complexity index is 546. The summed E-state index contributed by atoms with van der Waals surface area (Å²) >= 11 is 5.63. The van der Waals surface area contributed by atoms with Crippen molar-refractivity contribution in [2.45, 2.75) is 13.3 Å². The fourth-order valence-corrected chi connectivity index (χ4v) is 1.59. The highest BCUT2D eigenvalue weighted by Crippen LogP contribution is 2.26. The molecule has 0 atom stereocenters. The fraction of sp³-hybridized carbons (Fsp3) is 0.273. The van der Waals surface area contributed by atoms with Gasteiger partial charge in [0.25, 0.3) is 0 Å². The van der Waals surface area contributed by atoms with Crippen molar-refractivity contribution in [1.82, 2.24) is 0 Å². The summed E-state index contributed by atoms with van der Waals surface area (Å²) in [7, 11) is 0. The Hall–Kier alpha value is -2.02. The zero-order chi connectivity index (χ0) is 14.6. The lowest BCUT2D eigenvalue weighted by molar-refractivity contribution is -0.387. The van der Waals surface area contributed by atoms with Crippen LogP contribution in [0, 0.1) is 15.9 Å². The number of ketones is 1. The van der Waals surface area contributed by atoms with E-state index in [0.717, 1.165) is 0 Å². The van der Waals surface area contributed by atoms with E-state index in [1.165, 1.54) is 0 Å². The van der Waals surface area contributed by atoms with Crippen LogP contribution in [0.4, 0.5) is 10.1 Å². The van der Waals surface area contributed by atoms with Crippen molar-refractivity contribution >= 4 is 29.0 Å². The van der Waals surface area contributed by atoms with E-state index in [4.69, 9.17) is 11.6 Å². The Kier molecular flexibility index (Phi) is 4.94. The van der Waals surface area contributed by atoms with E-state index in [9.17, 15) is 24.1 Å². The summed E-state index contributed by atoms with van der Waals surface area (Å²) in [5.74, 6) is -2.70. The molecule has 0 fully saturated rings. The number of nitro groups is 1. The highest BCUT2D eigenvalue weighted by atomic mass is 35.5. The van der Waals surface area contributed by atoms with E-state index in [-0.39, 0.29) is 17.2 Å². The molecule has 0 saturated carbocycles. The number of carbonyl (C=O) groups excluding carboxylic acids is 2. The van der Waals surface area contributed by atoms with Crippen molar-refractivity contribution in [3.63, 3.8) is 0 Å². The van der Waals surface area contributed by atoms with Gasteiger partial charge in [0.15, 0.2) is 5.78 Å². The van der Waals surface area contributed by atoms with Gasteiger partial charge in [0.2, 0.25) is 5.82 Å². The molecule has 0 heterocycles. The topological polar surface area (TPSA) is 86.5 Å². The Labute approximate surface area is 112 Å². The average molecular weight is 290 g/mol. The number of hydrogen-bond donors (Lipinski definition) is 0. The second kappa shape index (κ2) is 6.24. The first-order chi connectivity index (χ1) is 8.86. The van der Waals surface area contributed by atoms with Gasteiger partial charge in [-0.25, -0.2) is 0 Å². The minimum absolute atomic E-state index is 0.101. The van der Waals surface area contributed by atoms with Crippen molar-refractivity contribution in [3.05, 3.63) is 38.7 Å². The highest BCUT2D eigenvalue weighted by molar-refractivity contribution is 6.34. The number of ether oxygens (including phenoxy) is 1. The molecule has 1 aromatic rings. The molecule has 0 spiro atoms. The molecule has 0 unspecified atom stereocenters. The standard InChI is InChI=1S/C11H9ClFNO5/c1-2-19-11(16)5-10(15)6-3-9(14(17)18)8(13)4-7(6)12/h3-4H,2,5H2,1H3. The molecule has 0 amide bonds. The summed E-state index contributed by atoms with van der Waals surface area (Å²) in [6, 6.07) is 1.37. The number of nitro benzene ring substituents is 1. The van der Waals surface area contributed by atoms with Crippen LogP contribution in [0.15, 0.2) is 12.1 Å². The molecular formula is C11H9ClFNO5. The molecule has 1 rings (SSSR count). The van der Waals surface area contributed by atoms with E-state index in [0.29, 0.717) is 12.1 Å². The molecule has 102 valence electrons. The van der Waals surface area contributed by atoms with Crippen LogP contribution in [-0.2, 0) is 9.53 Å². The largest absolute Gasteiger partial charge is 0.466 e. The zero-order valence-electron chi connectivity index (χ0n) is 9.81. The number of halogens is 2. The zero-order valence-corrected chi connectivity index (χ0v) is 10.6. The molecule has 0 aliphatic rings. The van der Waals surface area contributed by atoms with E-state index in [1.54, 1.807) is 6.92 Å². The minimum atomic E-state index is -1.15. The van der Waals surface area contributed by atoms with E-state index >= 15 is 0 Å². The molecule has 6 nitrogen and oxygen atoms in total. The predicted octanol–water partition coefficient (Wildman–Crippen LogP) is 2.52. The Morgan fingerprint density at radius 3 is 2.63 bits per heavy atom. The van der Waals surface area contributed by atoms with Gasteiger partial charge in [0, 0.05) is 17.7 Å². The smallest absolute Gasteiger partial charge is 0.313 e. The molecule has 8 heteroatoms. The molecule has 0 aromatic heterocycles. The number of carbonyl (C=O) groups is 2. The summed E-state index contributed by atoms with van der Waals surface area (Å²) in [4.78, 5) is 32.4. The third kappa shape index (κ3) is 3.72. The summed E-state index contributed by atoms with van der Waals surface area (Å²) in [6.45, 7) is 1.67. The molecule has 1 aromatic carbocycles. The number of hydrogen-bond acceptors (Lipinski definition) is 5. The minimum Gasteiger partial charge on any atom is -0.466 e. The quantitative estimate of drug-likeness (QED) is 0.273. The number of rotatable bonds is 5. The molecular weight excluding hydrogens is 281 g/mol. The first kappa shape index (κ1) is 15.0. The van der Waals surface area contributed by atoms with Gasteiger partial charge < -0.3 is 4.74 Å². The van der Waals surface area contributed by atoms with E-state index in [1.807, 2.05) is 0 Å². The van der Waals surface area contributed by atoms with Crippen molar-refractivity contribution in [3.8, 4) is 0 Å². The maximum atomic E-state index is 13.2. The summed E-state index contributed by atoms with van der Waals surface area (Å²) in [5, 5.41) is 10.3. The van der Waals surface area contributed by atoms with E-state index in [2.05, 4.69) is 4.74 Å². The monoisotopic (exact) mass is 289 g/mol. The summed E-state index contributed by atoms with van der Waals surface area (Å²) in [6.07, 6.45) is -0.615. The normalized spacial score (nSPS) is 10.1. The lowest BCUT2D eigenvalue weighted by Gasteiger charge is -2.04. The third-order valence-corrected chi connectivity index (χ3v) is 2.46. The van der Waals surface area contributed by atoms with Crippen LogP contribution in [0.2, 0.25) is 5.02 Å². The van der Waals surface area contributed by atoms with Crippen LogP contribution in [0.3, 0.4) is 0 Å². The van der Waals surface area contributed by atoms with Gasteiger partial charge in [-0.3, -0.25) is 19.7 Å².